The molecule has 9 heteroatoms. The first-order valence-corrected chi connectivity index (χ1v) is 10.7. The summed E-state index contributed by atoms with van der Waals surface area (Å²) in [4.78, 5) is 39.2. The maximum atomic E-state index is 13.6. The predicted molar refractivity (Wildman–Crippen MR) is 123 cm³/mol. The largest absolute Gasteiger partial charge is 0.507 e. The Balaban J connectivity index is 1.87. The van der Waals surface area contributed by atoms with Crippen LogP contribution >= 0.6 is 0 Å². The summed E-state index contributed by atoms with van der Waals surface area (Å²) in [6, 6.07) is 7.18. The summed E-state index contributed by atoms with van der Waals surface area (Å²) < 4.78 is 16.0. The third kappa shape index (κ3) is 3.04. The SMILES string of the molecule is COC1=C(c2c(OC)cc3cc4c(c(O)c3c2O)C(=O)OC(C)C4)C(=O)c2c(O)cccc2C1=O. The van der Waals surface area contributed by atoms with Crippen molar-refractivity contribution in [2.24, 2.45) is 0 Å². The van der Waals surface area contributed by atoms with E-state index in [4.69, 9.17) is 14.2 Å². The van der Waals surface area contributed by atoms with E-state index in [2.05, 4.69) is 0 Å². The van der Waals surface area contributed by atoms with E-state index in [1.165, 1.54) is 38.5 Å². The summed E-state index contributed by atoms with van der Waals surface area (Å²) in [5.74, 6) is -4.09. The zero-order chi connectivity index (χ0) is 25.2. The topological polar surface area (TPSA) is 140 Å². The molecule has 3 aromatic carbocycles. The summed E-state index contributed by atoms with van der Waals surface area (Å²) in [5, 5.41) is 32.9. The number of phenolic OH excluding ortho intramolecular Hbond substituents is 3. The number of carbonyl (C=O) groups is 3. The van der Waals surface area contributed by atoms with Gasteiger partial charge in [-0.25, -0.2) is 4.79 Å². The van der Waals surface area contributed by atoms with E-state index >= 15 is 0 Å². The highest BCUT2D eigenvalue weighted by molar-refractivity contribution is 6.41. The van der Waals surface area contributed by atoms with Crippen LogP contribution in [0.2, 0.25) is 0 Å². The number of ketones is 2. The lowest BCUT2D eigenvalue weighted by Gasteiger charge is -2.25. The molecule has 3 N–H and O–H groups in total. The van der Waals surface area contributed by atoms with Crippen LogP contribution in [0.5, 0.6) is 23.0 Å². The van der Waals surface area contributed by atoms with E-state index < -0.39 is 40.9 Å². The minimum absolute atomic E-state index is 0.0188. The molecule has 1 aliphatic carbocycles. The monoisotopic (exact) mass is 476 g/mol. The Kier molecular flexibility index (Phi) is 4.94. The van der Waals surface area contributed by atoms with Gasteiger partial charge in [-0.2, -0.15) is 0 Å². The van der Waals surface area contributed by atoms with Gasteiger partial charge in [-0.3, -0.25) is 9.59 Å². The lowest BCUT2D eigenvalue weighted by Crippen LogP contribution is -2.25. The number of Topliss-reactive ketones (excluding diaryl/α,β-unsaturated/α-hetero) is 2. The van der Waals surface area contributed by atoms with Gasteiger partial charge in [0.05, 0.1) is 36.3 Å². The highest BCUT2D eigenvalue weighted by Crippen LogP contribution is 2.49. The quantitative estimate of drug-likeness (QED) is 0.485. The normalized spacial score (nSPS) is 17.2. The van der Waals surface area contributed by atoms with Crippen LogP contribution in [0.25, 0.3) is 16.3 Å². The van der Waals surface area contributed by atoms with Gasteiger partial charge < -0.3 is 29.5 Å². The number of ether oxygens (including phenoxy) is 3. The molecule has 1 atom stereocenters. The predicted octanol–water partition coefficient (Wildman–Crippen LogP) is 3.50. The number of aromatic hydroxyl groups is 3. The van der Waals surface area contributed by atoms with Crippen LogP contribution < -0.4 is 4.74 Å². The second-order valence-electron chi connectivity index (χ2n) is 8.35. The molecule has 0 spiro atoms. The second kappa shape index (κ2) is 7.76. The molecule has 0 saturated carbocycles. The summed E-state index contributed by atoms with van der Waals surface area (Å²) in [6.07, 6.45) is -0.0353. The number of benzene rings is 3. The van der Waals surface area contributed by atoms with Gasteiger partial charge in [-0.05, 0) is 42.1 Å². The summed E-state index contributed by atoms with van der Waals surface area (Å²) in [5.41, 5.74) is -0.428. The second-order valence-corrected chi connectivity index (χ2v) is 8.35. The van der Waals surface area contributed by atoms with E-state index in [1.54, 1.807) is 13.0 Å². The lowest BCUT2D eigenvalue weighted by atomic mass is 9.82. The highest BCUT2D eigenvalue weighted by atomic mass is 16.5. The molecular weight excluding hydrogens is 456 g/mol. The van der Waals surface area contributed by atoms with Crippen molar-refractivity contribution in [1.29, 1.82) is 0 Å². The average Bonchev–Trinajstić information content (AvgIpc) is 2.80. The van der Waals surface area contributed by atoms with E-state index in [0.717, 1.165) is 0 Å². The summed E-state index contributed by atoms with van der Waals surface area (Å²) >= 11 is 0. The number of methoxy groups -OCH3 is 2. The molecule has 0 radical (unpaired) electrons. The Bertz CT molecular complexity index is 1510. The van der Waals surface area contributed by atoms with Crippen molar-refractivity contribution < 1.29 is 43.9 Å². The average molecular weight is 476 g/mol. The van der Waals surface area contributed by atoms with E-state index in [9.17, 15) is 29.7 Å². The Morgan fingerprint density at radius 3 is 2.31 bits per heavy atom. The zero-order valence-electron chi connectivity index (χ0n) is 19.0. The smallest absolute Gasteiger partial charge is 0.342 e. The third-order valence-corrected chi connectivity index (χ3v) is 6.29. The number of carbonyl (C=O) groups excluding carboxylic acids is 3. The molecular formula is C26H20O9. The molecule has 2 aliphatic rings. The fraction of sp³-hybridized carbons (Fsp3) is 0.192. The molecule has 35 heavy (non-hydrogen) atoms. The first kappa shape index (κ1) is 22.3. The molecule has 0 amide bonds. The molecule has 1 aliphatic heterocycles. The molecule has 3 aromatic rings. The number of cyclic esters (lactones) is 1. The van der Waals surface area contributed by atoms with Crippen molar-refractivity contribution in [3.05, 3.63) is 63.9 Å². The number of hydrogen-bond acceptors (Lipinski definition) is 9. The van der Waals surface area contributed by atoms with Gasteiger partial charge in [-0.1, -0.05) is 6.07 Å². The van der Waals surface area contributed by atoms with Crippen LogP contribution in [0.3, 0.4) is 0 Å². The van der Waals surface area contributed by atoms with Gasteiger partial charge in [0, 0.05) is 12.0 Å². The van der Waals surface area contributed by atoms with Crippen LogP contribution in [-0.4, -0.2) is 53.2 Å². The molecule has 1 unspecified atom stereocenters. The molecule has 9 nitrogen and oxygen atoms in total. The van der Waals surface area contributed by atoms with E-state index in [0.29, 0.717) is 17.4 Å². The summed E-state index contributed by atoms with van der Waals surface area (Å²) in [7, 11) is 2.51. The highest BCUT2D eigenvalue weighted by Gasteiger charge is 2.39. The molecule has 5 rings (SSSR count). The summed E-state index contributed by atoms with van der Waals surface area (Å²) in [6.45, 7) is 1.72. The number of hydrogen-bond donors (Lipinski definition) is 3. The number of rotatable bonds is 3. The van der Waals surface area contributed by atoms with Crippen LogP contribution in [0.1, 0.15) is 49.1 Å². The number of fused-ring (bicyclic) bond motifs is 3. The van der Waals surface area contributed by atoms with Gasteiger partial charge >= 0.3 is 5.97 Å². The first-order valence-electron chi connectivity index (χ1n) is 10.7. The van der Waals surface area contributed by atoms with Crippen molar-refractivity contribution >= 4 is 33.9 Å². The van der Waals surface area contributed by atoms with Crippen LogP contribution in [0.4, 0.5) is 0 Å². The van der Waals surface area contributed by atoms with Crippen LogP contribution in [-0.2, 0) is 15.9 Å². The van der Waals surface area contributed by atoms with Gasteiger partial charge in [-0.15, -0.1) is 0 Å². The number of allylic oxidation sites excluding steroid dienone is 2. The molecule has 0 saturated heterocycles. The molecule has 0 fully saturated rings. The van der Waals surface area contributed by atoms with Gasteiger partial charge in [0.2, 0.25) is 11.6 Å². The molecule has 0 aromatic heterocycles. The van der Waals surface area contributed by atoms with Gasteiger partial charge in [0.25, 0.3) is 0 Å². The number of phenols is 3. The lowest BCUT2D eigenvalue weighted by molar-refractivity contribution is 0.0297. The Morgan fingerprint density at radius 1 is 0.914 bits per heavy atom. The Hall–Kier alpha value is -4.53. The fourth-order valence-corrected chi connectivity index (χ4v) is 4.80. The minimum Gasteiger partial charge on any atom is -0.507 e. The van der Waals surface area contributed by atoms with E-state index in [1.807, 2.05) is 0 Å². The first-order chi connectivity index (χ1) is 16.7. The molecule has 178 valence electrons. The van der Waals surface area contributed by atoms with Crippen molar-refractivity contribution in [3.63, 3.8) is 0 Å². The van der Waals surface area contributed by atoms with Crippen LogP contribution in [0, 0.1) is 0 Å². The maximum Gasteiger partial charge on any atom is 0.342 e. The van der Waals surface area contributed by atoms with Gasteiger partial charge in [0.15, 0.2) is 5.76 Å². The minimum atomic E-state index is -0.784. The van der Waals surface area contributed by atoms with Gasteiger partial charge in [0.1, 0.15) is 34.7 Å². The van der Waals surface area contributed by atoms with Crippen LogP contribution in [0.15, 0.2) is 36.1 Å². The van der Waals surface area contributed by atoms with Crippen molar-refractivity contribution in [1.82, 2.24) is 0 Å². The van der Waals surface area contributed by atoms with Crippen molar-refractivity contribution in [2.75, 3.05) is 14.2 Å². The van der Waals surface area contributed by atoms with Crippen molar-refractivity contribution in [3.8, 4) is 23.0 Å². The molecule has 0 bridgehead atoms. The number of esters is 1. The Labute approximate surface area is 198 Å². The standard InChI is InChI=1S/C26H20O9/c1-10-7-11-8-12-9-15(33-2)19(23(30)16(12)22(29)17(11)26(32)35-10)20-24(31)18-13(5-4-6-14(18)27)21(28)25(20)34-3/h4-6,8-10,27,29-30H,7H2,1-3H3. The zero-order valence-corrected chi connectivity index (χ0v) is 19.0. The van der Waals surface area contributed by atoms with E-state index in [-0.39, 0.29) is 44.7 Å². The Morgan fingerprint density at radius 2 is 1.63 bits per heavy atom. The van der Waals surface area contributed by atoms with Crippen molar-refractivity contribution in [2.45, 2.75) is 19.4 Å². The molecule has 1 heterocycles. The maximum absolute atomic E-state index is 13.6. The third-order valence-electron chi connectivity index (χ3n) is 6.29. The fourth-order valence-electron chi connectivity index (χ4n) is 4.80.